The molecule has 0 radical (unpaired) electrons. The number of rotatable bonds is 4. The Morgan fingerprint density at radius 3 is 1.65 bits per heavy atom. The van der Waals surface area contributed by atoms with E-state index in [0.29, 0.717) is 5.41 Å². The average Bonchev–Trinajstić information content (AvgIpc) is 2.41. The molecule has 0 saturated heterocycles. The molecule has 0 aromatic carbocycles. The quantitative estimate of drug-likeness (QED) is 0.740. The van der Waals surface area contributed by atoms with Crippen LogP contribution in [0.3, 0.4) is 0 Å². The lowest BCUT2D eigenvalue weighted by atomic mass is 9.70. The van der Waals surface area contributed by atoms with Gasteiger partial charge in [0.2, 0.25) is 0 Å². The first-order chi connectivity index (χ1) is 9.45. The summed E-state index contributed by atoms with van der Waals surface area (Å²) in [6.45, 7) is 12.2. The van der Waals surface area contributed by atoms with Gasteiger partial charge < -0.3 is 5.32 Å². The lowest BCUT2D eigenvalue weighted by molar-refractivity contribution is 0.148. The van der Waals surface area contributed by atoms with Crippen LogP contribution in [-0.4, -0.2) is 13.1 Å². The first kappa shape index (κ1) is 16.3. The van der Waals surface area contributed by atoms with Crippen molar-refractivity contribution < 1.29 is 0 Å². The van der Waals surface area contributed by atoms with Crippen LogP contribution in [0.5, 0.6) is 0 Å². The van der Waals surface area contributed by atoms with Gasteiger partial charge in [-0.2, -0.15) is 0 Å². The lowest BCUT2D eigenvalue weighted by Gasteiger charge is -2.37. The first-order valence-electron chi connectivity index (χ1n) is 9.16. The summed E-state index contributed by atoms with van der Waals surface area (Å²) < 4.78 is 0. The van der Waals surface area contributed by atoms with Crippen molar-refractivity contribution in [3.8, 4) is 0 Å². The molecule has 2 aliphatic carbocycles. The third kappa shape index (κ3) is 5.06. The van der Waals surface area contributed by atoms with Crippen molar-refractivity contribution in [2.75, 3.05) is 13.1 Å². The molecule has 2 rings (SSSR count). The summed E-state index contributed by atoms with van der Waals surface area (Å²) in [5.74, 6) is 3.87. The highest BCUT2D eigenvalue weighted by atomic mass is 14.9. The van der Waals surface area contributed by atoms with Crippen LogP contribution >= 0.6 is 0 Å². The fourth-order valence-corrected chi connectivity index (χ4v) is 4.26. The van der Waals surface area contributed by atoms with E-state index in [2.05, 4.69) is 33.0 Å². The average molecular weight is 280 g/mol. The summed E-state index contributed by atoms with van der Waals surface area (Å²) >= 11 is 0. The van der Waals surface area contributed by atoms with Crippen LogP contribution in [0.2, 0.25) is 0 Å². The molecular formula is C19H37N. The molecule has 1 heteroatoms. The van der Waals surface area contributed by atoms with Gasteiger partial charge in [0.05, 0.1) is 0 Å². The summed E-state index contributed by atoms with van der Waals surface area (Å²) in [6, 6.07) is 0. The molecule has 0 heterocycles. The summed E-state index contributed by atoms with van der Waals surface area (Å²) in [5, 5.41) is 3.79. The van der Waals surface area contributed by atoms with Crippen molar-refractivity contribution in [1.82, 2.24) is 5.32 Å². The maximum absolute atomic E-state index is 3.79. The van der Waals surface area contributed by atoms with Gasteiger partial charge in [0, 0.05) is 0 Å². The summed E-state index contributed by atoms with van der Waals surface area (Å²) in [5.41, 5.74) is 0.525. The van der Waals surface area contributed by atoms with E-state index in [1.807, 2.05) is 0 Å². The van der Waals surface area contributed by atoms with Gasteiger partial charge in [0.1, 0.15) is 0 Å². The van der Waals surface area contributed by atoms with Gasteiger partial charge in [-0.3, -0.25) is 0 Å². The fraction of sp³-hybridized carbons (Fsp3) is 1.00. The smallest absolute Gasteiger partial charge is 0.00204 e. The third-order valence-corrected chi connectivity index (χ3v) is 6.07. The van der Waals surface area contributed by atoms with E-state index in [4.69, 9.17) is 0 Å². The van der Waals surface area contributed by atoms with E-state index in [1.165, 1.54) is 64.5 Å². The van der Waals surface area contributed by atoms with Crippen LogP contribution in [0.4, 0.5) is 0 Å². The molecule has 2 fully saturated rings. The molecule has 1 nitrogen and oxygen atoms in total. The Balaban J connectivity index is 1.57. The summed E-state index contributed by atoms with van der Waals surface area (Å²) in [4.78, 5) is 0. The molecule has 118 valence electrons. The van der Waals surface area contributed by atoms with Crippen LogP contribution < -0.4 is 5.32 Å². The van der Waals surface area contributed by atoms with Gasteiger partial charge >= 0.3 is 0 Å². The maximum atomic E-state index is 3.79. The normalized spacial score (nSPS) is 36.0. The zero-order chi connectivity index (χ0) is 14.6. The second kappa shape index (κ2) is 7.29. The molecule has 0 amide bonds. The highest BCUT2D eigenvalue weighted by Crippen LogP contribution is 2.39. The Hall–Kier alpha value is -0.0400. The lowest BCUT2D eigenvalue weighted by Crippen LogP contribution is -2.33. The summed E-state index contributed by atoms with van der Waals surface area (Å²) in [6.07, 6.45) is 11.7. The predicted octanol–water partition coefficient (Wildman–Crippen LogP) is 5.25. The minimum Gasteiger partial charge on any atom is -0.316 e. The van der Waals surface area contributed by atoms with E-state index in [1.54, 1.807) is 0 Å². The number of nitrogens with one attached hydrogen (secondary N) is 1. The highest BCUT2D eigenvalue weighted by molar-refractivity contribution is 4.81. The summed E-state index contributed by atoms with van der Waals surface area (Å²) in [7, 11) is 0. The van der Waals surface area contributed by atoms with Crippen LogP contribution in [0.25, 0.3) is 0 Å². The topological polar surface area (TPSA) is 12.0 Å². The zero-order valence-electron chi connectivity index (χ0n) is 14.4. The number of hydrogen-bond donors (Lipinski definition) is 1. The second-order valence-electron chi connectivity index (χ2n) is 8.87. The van der Waals surface area contributed by atoms with Crippen molar-refractivity contribution in [2.45, 2.75) is 79.1 Å². The van der Waals surface area contributed by atoms with Gasteiger partial charge in [0.15, 0.2) is 0 Å². The highest BCUT2D eigenvalue weighted by Gasteiger charge is 2.29. The van der Waals surface area contributed by atoms with Gasteiger partial charge in [0.25, 0.3) is 0 Å². The van der Waals surface area contributed by atoms with Crippen LogP contribution in [-0.2, 0) is 0 Å². The fourth-order valence-electron chi connectivity index (χ4n) is 4.26. The van der Waals surface area contributed by atoms with Crippen molar-refractivity contribution >= 4 is 0 Å². The van der Waals surface area contributed by atoms with Crippen LogP contribution in [0, 0.1) is 29.1 Å². The maximum Gasteiger partial charge on any atom is -0.00204 e. The minimum atomic E-state index is 0.525. The molecule has 0 spiro atoms. The Kier molecular flexibility index (Phi) is 5.95. The van der Waals surface area contributed by atoms with E-state index in [9.17, 15) is 0 Å². The molecule has 0 aromatic rings. The first-order valence-corrected chi connectivity index (χ1v) is 9.16. The Labute approximate surface area is 127 Å². The number of hydrogen-bond acceptors (Lipinski definition) is 1. The van der Waals surface area contributed by atoms with Gasteiger partial charge in [-0.1, -0.05) is 40.5 Å². The van der Waals surface area contributed by atoms with E-state index in [-0.39, 0.29) is 0 Å². The third-order valence-electron chi connectivity index (χ3n) is 6.07. The molecule has 20 heavy (non-hydrogen) atoms. The molecule has 2 saturated carbocycles. The van der Waals surface area contributed by atoms with E-state index in [0.717, 1.165) is 23.7 Å². The Morgan fingerprint density at radius 1 is 0.750 bits per heavy atom. The second-order valence-corrected chi connectivity index (χ2v) is 8.87. The molecule has 0 atom stereocenters. The Bertz CT molecular complexity index is 262. The molecular weight excluding hydrogens is 242 g/mol. The molecule has 0 aliphatic heterocycles. The molecule has 1 N–H and O–H groups in total. The van der Waals surface area contributed by atoms with Gasteiger partial charge in [-0.25, -0.2) is 0 Å². The van der Waals surface area contributed by atoms with Crippen LogP contribution in [0.15, 0.2) is 0 Å². The largest absolute Gasteiger partial charge is 0.316 e. The minimum absolute atomic E-state index is 0.525. The predicted molar refractivity (Wildman–Crippen MR) is 88.9 cm³/mol. The molecule has 0 unspecified atom stereocenters. The SMILES string of the molecule is CC1CCC(CNCC2CCC(C(C)(C)C)CC2)CC1. The van der Waals surface area contributed by atoms with E-state index >= 15 is 0 Å². The molecule has 0 bridgehead atoms. The van der Waals surface area contributed by atoms with Crippen molar-refractivity contribution in [2.24, 2.45) is 29.1 Å². The van der Waals surface area contributed by atoms with Crippen LogP contribution in [0.1, 0.15) is 79.1 Å². The van der Waals surface area contributed by atoms with Gasteiger partial charge in [-0.15, -0.1) is 0 Å². The van der Waals surface area contributed by atoms with Crippen molar-refractivity contribution in [3.63, 3.8) is 0 Å². The van der Waals surface area contributed by atoms with E-state index < -0.39 is 0 Å². The Morgan fingerprint density at radius 2 is 1.20 bits per heavy atom. The van der Waals surface area contributed by atoms with Gasteiger partial charge in [-0.05, 0) is 80.7 Å². The zero-order valence-corrected chi connectivity index (χ0v) is 14.4. The van der Waals surface area contributed by atoms with Crippen molar-refractivity contribution in [3.05, 3.63) is 0 Å². The molecule has 2 aliphatic rings. The van der Waals surface area contributed by atoms with Crippen molar-refractivity contribution in [1.29, 1.82) is 0 Å². The molecule has 0 aromatic heterocycles. The monoisotopic (exact) mass is 279 g/mol. The standard InChI is InChI=1S/C19H37N/c1-15-5-7-16(8-6-15)13-20-14-17-9-11-18(12-10-17)19(2,3)4/h15-18,20H,5-14H2,1-4H3.